The number of carboxylic acid groups (broad SMARTS) is 2. The van der Waals surface area contributed by atoms with Gasteiger partial charge < -0.3 is 24.6 Å². The Morgan fingerprint density at radius 1 is 0.903 bits per heavy atom. The number of nitrogens with zero attached hydrogens (tertiary/aromatic N) is 2. The van der Waals surface area contributed by atoms with Crippen LogP contribution in [-0.2, 0) is 9.59 Å². The quantitative estimate of drug-likeness (QED) is 0.690. The van der Waals surface area contributed by atoms with E-state index in [0.29, 0.717) is 23.1 Å². The van der Waals surface area contributed by atoms with Crippen LogP contribution in [0.1, 0.15) is 43.0 Å². The molecule has 1 saturated heterocycles. The van der Waals surface area contributed by atoms with Crippen molar-refractivity contribution >= 4 is 17.8 Å². The molecule has 1 amide bonds. The molecule has 1 heterocycles. The van der Waals surface area contributed by atoms with Gasteiger partial charge in [-0.15, -0.1) is 0 Å². The van der Waals surface area contributed by atoms with Crippen molar-refractivity contribution in [3.05, 3.63) is 23.8 Å². The lowest BCUT2D eigenvalue weighted by molar-refractivity contribution is -0.159. The van der Waals surface area contributed by atoms with Crippen LogP contribution in [0.25, 0.3) is 0 Å². The van der Waals surface area contributed by atoms with Crippen LogP contribution < -0.4 is 9.47 Å². The van der Waals surface area contributed by atoms with Crippen molar-refractivity contribution in [2.24, 2.45) is 5.92 Å². The summed E-state index contributed by atoms with van der Waals surface area (Å²) >= 11 is 0. The molecular formula is C22H32N2O7. The molecule has 1 aliphatic heterocycles. The minimum absolute atomic E-state index is 0.0349. The average molecular weight is 437 g/mol. The zero-order valence-electron chi connectivity index (χ0n) is 18.4. The van der Waals surface area contributed by atoms with Crippen molar-refractivity contribution in [2.75, 3.05) is 40.4 Å². The molecule has 31 heavy (non-hydrogen) atoms. The van der Waals surface area contributed by atoms with E-state index in [1.807, 2.05) is 23.1 Å². The third-order valence-electron chi connectivity index (χ3n) is 5.92. The smallest absolute Gasteiger partial charge is 0.414 e. The first-order valence-electron chi connectivity index (χ1n) is 10.5. The van der Waals surface area contributed by atoms with Gasteiger partial charge in [-0.3, -0.25) is 9.69 Å². The summed E-state index contributed by atoms with van der Waals surface area (Å²) in [5.74, 6) is -1.61. The lowest BCUT2D eigenvalue weighted by Crippen LogP contribution is -2.52. The first-order chi connectivity index (χ1) is 14.8. The molecule has 172 valence electrons. The number of para-hydroxylation sites is 1. The second-order valence-corrected chi connectivity index (χ2v) is 7.89. The SMILES string of the molecule is COc1cccc(C(=O)N2CCN(C3CCC(C)CC3)CC2)c1OC.O=C(O)C(=O)O. The Bertz CT molecular complexity index is 755. The van der Waals surface area contributed by atoms with Gasteiger partial charge in [0.2, 0.25) is 0 Å². The van der Waals surface area contributed by atoms with Gasteiger partial charge >= 0.3 is 11.9 Å². The van der Waals surface area contributed by atoms with E-state index in [0.717, 1.165) is 32.1 Å². The minimum atomic E-state index is -1.82. The molecule has 9 heteroatoms. The molecule has 0 atom stereocenters. The maximum atomic E-state index is 12.9. The van der Waals surface area contributed by atoms with Gasteiger partial charge in [0.25, 0.3) is 5.91 Å². The Kier molecular flexibility index (Phi) is 9.11. The fourth-order valence-electron chi connectivity index (χ4n) is 4.12. The number of piperazine rings is 1. The molecule has 2 fully saturated rings. The first kappa shape index (κ1) is 24.5. The second-order valence-electron chi connectivity index (χ2n) is 7.89. The van der Waals surface area contributed by atoms with E-state index in [9.17, 15) is 4.79 Å². The predicted octanol–water partition coefficient (Wildman–Crippen LogP) is 2.20. The van der Waals surface area contributed by atoms with E-state index in [1.54, 1.807) is 14.2 Å². The van der Waals surface area contributed by atoms with Gasteiger partial charge in [-0.25, -0.2) is 9.59 Å². The molecule has 0 aromatic heterocycles. The molecule has 9 nitrogen and oxygen atoms in total. The highest BCUT2D eigenvalue weighted by Crippen LogP contribution is 2.32. The lowest BCUT2D eigenvalue weighted by Gasteiger charge is -2.41. The fourth-order valence-corrected chi connectivity index (χ4v) is 4.12. The van der Waals surface area contributed by atoms with E-state index >= 15 is 0 Å². The van der Waals surface area contributed by atoms with E-state index in [4.69, 9.17) is 29.3 Å². The van der Waals surface area contributed by atoms with Crippen LogP contribution in [-0.4, -0.2) is 84.3 Å². The normalized spacial score (nSPS) is 21.5. The highest BCUT2D eigenvalue weighted by atomic mass is 16.5. The molecule has 3 rings (SSSR count). The van der Waals surface area contributed by atoms with Crippen molar-refractivity contribution in [3.63, 3.8) is 0 Å². The number of hydrogen-bond acceptors (Lipinski definition) is 6. The van der Waals surface area contributed by atoms with Gasteiger partial charge in [-0.2, -0.15) is 0 Å². The molecule has 0 spiro atoms. The number of carbonyl (C=O) groups is 3. The Labute approximate surface area is 182 Å². The van der Waals surface area contributed by atoms with Gasteiger partial charge in [0.05, 0.1) is 19.8 Å². The van der Waals surface area contributed by atoms with Crippen LogP contribution in [0.15, 0.2) is 18.2 Å². The van der Waals surface area contributed by atoms with Crippen molar-refractivity contribution in [2.45, 2.75) is 38.6 Å². The van der Waals surface area contributed by atoms with Crippen molar-refractivity contribution in [1.82, 2.24) is 9.80 Å². The number of methoxy groups -OCH3 is 2. The molecule has 1 saturated carbocycles. The molecular weight excluding hydrogens is 404 g/mol. The summed E-state index contributed by atoms with van der Waals surface area (Å²) in [7, 11) is 3.17. The third-order valence-corrected chi connectivity index (χ3v) is 5.92. The van der Waals surface area contributed by atoms with Gasteiger partial charge in [0, 0.05) is 32.2 Å². The highest BCUT2D eigenvalue weighted by Gasteiger charge is 2.30. The van der Waals surface area contributed by atoms with Crippen molar-refractivity contribution in [1.29, 1.82) is 0 Å². The minimum Gasteiger partial charge on any atom is -0.493 e. The standard InChI is InChI=1S/C20H30N2O3.C2H2O4/c1-15-7-9-16(10-8-15)21-11-13-22(14-12-21)20(23)17-5-4-6-18(24-2)19(17)25-3;3-1(4)2(5)6/h4-6,15-16H,7-14H2,1-3H3;(H,3,4)(H,5,6). The number of amides is 1. The van der Waals surface area contributed by atoms with Crippen LogP contribution >= 0.6 is 0 Å². The average Bonchev–Trinajstić information content (AvgIpc) is 2.79. The summed E-state index contributed by atoms with van der Waals surface area (Å²) in [6, 6.07) is 6.18. The Balaban J connectivity index is 0.000000501. The number of hydrogen-bond donors (Lipinski definition) is 2. The Morgan fingerprint density at radius 2 is 1.48 bits per heavy atom. The molecule has 1 aromatic rings. The lowest BCUT2D eigenvalue weighted by atomic mass is 9.86. The van der Waals surface area contributed by atoms with Crippen LogP contribution in [0, 0.1) is 5.92 Å². The highest BCUT2D eigenvalue weighted by molar-refractivity contribution is 6.27. The van der Waals surface area contributed by atoms with Crippen LogP contribution in [0.3, 0.4) is 0 Å². The third kappa shape index (κ3) is 6.58. The van der Waals surface area contributed by atoms with Crippen molar-refractivity contribution in [3.8, 4) is 11.5 Å². The monoisotopic (exact) mass is 436 g/mol. The van der Waals surface area contributed by atoms with Gasteiger partial charge in [-0.05, 0) is 43.7 Å². The van der Waals surface area contributed by atoms with E-state index < -0.39 is 11.9 Å². The first-order valence-corrected chi connectivity index (χ1v) is 10.5. The largest absolute Gasteiger partial charge is 0.493 e. The molecule has 1 aliphatic carbocycles. The predicted molar refractivity (Wildman–Crippen MR) is 114 cm³/mol. The summed E-state index contributed by atoms with van der Waals surface area (Å²) in [6.45, 7) is 5.86. The van der Waals surface area contributed by atoms with Gasteiger partial charge in [0.15, 0.2) is 11.5 Å². The fraction of sp³-hybridized carbons (Fsp3) is 0.591. The number of ether oxygens (including phenoxy) is 2. The van der Waals surface area contributed by atoms with E-state index in [-0.39, 0.29) is 5.91 Å². The molecule has 2 N–H and O–H groups in total. The summed E-state index contributed by atoms with van der Waals surface area (Å²) in [6.07, 6.45) is 5.29. The Hall–Kier alpha value is -2.81. The second kappa shape index (κ2) is 11.5. The van der Waals surface area contributed by atoms with E-state index in [1.165, 1.54) is 25.7 Å². The maximum Gasteiger partial charge on any atom is 0.414 e. The van der Waals surface area contributed by atoms with Crippen LogP contribution in [0.2, 0.25) is 0 Å². The molecule has 1 aromatic carbocycles. The van der Waals surface area contributed by atoms with Gasteiger partial charge in [-0.1, -0.05) is 13.0 Å². The topological polar surface area (TPSA) is 117 Å². The zero-order valence-corrected chi connectivity index (χ0v) is 18.4. The maximum absolute atomic E-state index is 12.9. The summed E-state index contributed by atoms with van der Waals surface area (Å²) in [5, 5.41) is 14.8. The molecule has 0 bridgehead atoms. The number of carboxylic acids is 2. The summed E-state index contributed by atoms with van der Waals surface area (Å²) < 4.78 is 10.7. The molecule has 0 radical (unpaired) electrons. The summed E-state index contributed by atoms with van der Waals surface area (Å²) in [5.41, 5.74) is 0.585. The zero-order chi connectivity index (χ0) is 23.0. The number of benzene rings is 1. The molecule has 0 unspecified atom stereocenters. The van der Waals surface area contributed by atoms with Gasteiger partial charge in [0.1, 0.15) is 0 Å². The number of rotatable bonds is 4. The number of aliphatic carboxylic acids is 2. The molecule has 2 aliphatic rings. The Morgan fingerprint density at radius 3 is 1.97 bits per heavy atom. The summed E-state index contributed by atoms with van der Waals surface area (Å²) in [4.78, 5) is 35.7. The van der Waals surface area contributed by atoms with Crippen LogP contribution in [0.4, 0.5) is 0 Å². The van der Waals surface area contributed by atoms with E-state index in [2.05, 4.69) is 11.8 Å². The van der Waals surface area contributed by atoms with Crippen molar-refractivity contribution < 1.29 is 34.1 Å². The van der Waals surface area contributed by atoms with Crippen LogP contribution in [0.5, 0.6) is 11.5 Å². The number of carbonyl (C=O) groups excluding carboxylic acids is 1.